The molecule has 4 nitrogen and oxygen atoms in total. The Morgan fingerprint density at radius 3 is 1.96 bits per heavy atom. The van der Waals surface area contributed by atoms with Gasteiger partial charge in [0.05, 0.1) is 5.69 Å². The maximum Gasteiger partial charge on any atom is 0.286 e. The molecular formula is C21H23N3O. The molecule has 0 saturated heterocycles. The molecule has 1 aromatic heterocycles. The predicted octanol–water partition coefficient (Wildman–Crippen LogP) is 3.57. The molecule has 0 aliphatic carbocycles. The fraction of sp³-hybridized carbons (Fsp3) is 0.238. The first-order valence-corrected chi connectivity index (χ1v) is 8.46. The van der Waals surface area contributed by atoms with Gasteiger partial charge in [-0.15, -0.1) is 0 Å². The molecule has 2 aromatic carbocycles. The molecule has 0 fully saturated rings. The van der Waals surface area contributed by atoms with Crippen LogP contribution in [0.3, 0.4) is 0 Å². The zero-order chi connectivity index (χ0) is 17.8. The van der Waals surface area contributed by atoms with E-state index in [0.717, 1.165) is 17.8 Å². The molecule has 0 radical (unpaired) electrons. The van der Waals surface area contributed by atoms with Crippen molar-refractivity contribution in [3.63, 3.8) is 0 Å². The van der Waals surface area contributed by atoms with Crippen molar-refractivity contribution < 1.29 is 4.79 Å². The molecule has 25 heavy (non-hydrogen) atoms. The molecule has 0 bridgehead atoms. The molecule has 2 N–H and O–H groups in total. The third kappa shape index (κ3) is 4.15. The van der Waals surface area contributed by atoms with Crippen molar-refractivity contribution in [1.82, 2.24) is 15.3 Å². The third-order valence-electron chi connectivity index (χ3n) is 4.30. The molecule has 128 valence electrons. The Morgan fingerprint density at radius 2 is 1.44 bits per heavy atom. The van der Waals surface area contributed by atoms with Gasteiger partial charge in [-0.25, -0.2) is 4.98 Å². The van der Waals surface area contributed by atoms with Crippen LogP contribution in [0.15, 0.2) is 48.5 Å². The quantitative estimate of drug-likeness (QED) is 0.750. The summed E-state index contributed by atoms with van der Waals surface area (Å²) < 4.78 is 0. The smallest absolute Gasteiger partial charge is 0.286 e. The zero-order valence-corrected chi connectivity index (χ0v) is 14.9. The Morgan fingerprint density at radius 1 is 0.920 bits per heavy atom. The van der Waals surface area contributed by atoms with Crippen LogP contribution in [-0.2, 0) is 12.8 Å². The number of hydrogen-bond acceptors (Lipinski definition) is 2. The van der Waals surface area contributed by atoms with Crippen LogP contribution >= 0.6 is 0 Å². The standard InChI is InChI=1S/C21H23N3O/c1-14-4-8-16(9-5-14)12-18-19(24-20(23-18)21(25)22-3)13-17-10-6-15(2)7-11-17/h4-11H,12-13H2,1-3H3,(H,22,25)(H,23,24). The van der Waals surface area contributed by atoms with Crippen LogP contribution < -0.4 is 5.32 Å². The van der Waals surface area contributed by atoms with E-state index in [9.17, 15) is 4.79 Å². The lowest BCUT2D eigenvalue weighted by molar-refractivity contribution is 0.0953. The summed E-state index contributed by atoms with van der Waals surface area (Å²) in [5, 5.41) is 2.63. The molecule has 3 aromatic rings. The molecule has 0 aliphatic rings. The van der Waals surface area contributed by atoms with Gasteiger partial charge in [-0.1, -0.05) is 59.7 Å². The molecule has 0 spiro atoms. The minimum Gasteiger partial charge on any atom is -0.352 e. The normalized spacial score (nSPS) is 10.7. The van der Waals surface area contributed by atoms with Crippen molar-refractivity contribution in [1.29, 1.82) is 0 Å². The van der Waals surface area contributed by atoms with E-state index in [4.69, 9.17) is 0 Å². The van der Waals surface area contributed by atoms with Crippen LogP contribution in [0.2, 0.25) is 0 Å². The number of aryl methyl sites for hydroxylation is 2. The van der Waals surface area contributed by atoms with E-state index in [2.05, 4.69) is 77.7 Å². The number of nitrogens with one attached hydrogen (secondary N) is 2. The van der Waals surface area contributed by atoms with Gasteiger partial charge < -0.3 is 10.3 Å². The minimum absolute atomic E-state index is 0.194. The molecule has 0 atom stereocenters. The monoisotopic (exact) mass is 333 g/mol. The van der Waals surface area contributed by atoms with Crippen molar-refractivity contribution in [2.45, 2.75) is 26.7 Å². The SMILES string of the molecule is CNC(=O)c1nc(Cc2ccc(C)cc2)c(Cc2ccc(C)cc2)[nH]1. The van der Waals surface area contributed by atoms with Crippen molar-refractivity contribution >= 4 is 5.91 Å². The van der Waals surface area contributed by atoms with E-state index < -0.39 is 0 Å². The van der Waals surface area contributed by atoms with Crippen LogP contribution in [0.1, 0.15) is 44.3 Å². The van der Waals surface area contributed by atoms with E-state index in [1.165, 1.54) is 22.3 Å². The Labute approximate surface area is 148 Å². The van der Waals surface area contributed by atoms with Crippen LogP contribution in [0, 0.1) is 13.8 Å². The highest BCUT2D eigenvalue weighted by atomic mass is 16.2. The Hall–Kier alpha value is -2.88. The fourth-order valence-electron chi connectivity index (χ4n) is 2.77. The van der Waals surface area contributed by atoms with Crippen LogP contribution in [-0.4, -0.2) is 22.9 Å². The van der Waals surface area contributed by atoms with Gasteiger partial charge in [-0.3, -0.25) is 4.79 Å². The van der Waals surface area contributed by atoms with Crippen molar-refractivity contribution in [2.24, 2.45) is 0 Å². The molecule has 0 aliphatic heterocycles. The van der Waals surface area contributed by atoms with Gasteiger partial charge in [0.25, 0.3) is 5.91 Å². The number of aromatic amines is 1. The van der Waals surface area contributed by atoms with Gasteiger partial charge in [0.2, 0.25) is 0 Å². The number of hydrogen-bond donors (Lipinski definition) is 2. The lowest BCUT2D eigenvalue weighted by Gasteiger charge is -2.05. The van der Waals surface area contributed by atoms with Crippen molar-refractivity contribution in [3.8, 4) is 0 Å². The maximum atomic E-state index is 12.0. The van der Waals surface area contributed by atoms with Gasteiger partial charge in [0, 0.05) is 25.6 Å². The Balaban J connectivity index is 1.91. The van der Waals surface area contributed by atoms with E-state index in [1.54, 1.807) is 7.05 Å². The van der Waals surface area contributed by atoms with Gasteiger partial charge in [0.1, 0.15) is 0 Å². The largest absolute Gasteiger partial charge is 0.352 e. The van der Waals surface area contributed by atoms with Gasteiger partial charge in [-0.2, -0.15) is 0 Å². The fourth-order valence-corrected chi connectivity index (χ4v) is 2.77. The number of benzene rings is 2. The van der Waals surface area contributed by atoms with Crippen LogP contribution in [0.5, 0.6) is 0 Å². The Bertz CT molecular complexity index is 796. The summed E-state index contributed by atoms with van der Waals surface area (Å²) in [5.41, 5.74) is 6.76. The number of rotatable bonds is 5. The van der Waals surface area contributed by atoms with Crippen LogP contribution in [0.4, 0.5) is 0 Å². The van der Waals surface area contributed by atoms with Gasteiger partial charge in [-0.05, 0) is 25.0 Å². The number of amides is 1. The third-order valence-corrected chi connectivity index (χ3v) is 4.30. The molecule has 1 amide bonds. The average molecular weight is 333 g/mol. The van der Waals surface area contributed by atoms with E-state index in [1.807, 2.05) is 0 Å². The highest BCUT2D eigenvalue weighted by molar-refractivity contribution is 5.90. The maximum absolute atomic E-state index is 12.0. The van der Waals surface area contributed by atoms with E-state index >= 15 is 0 Å². The van der Waals surface area contributed by atoms with Gasteiger partial charge >= 0.3 is 0 Å². The lowest BCUT2D eigenvalue weighted by atomic mass is 10.0. The Kier molecular flexibility index (Phi) is 4.98. The first-order chi connectivity index (χ1) is 12.0. The number of carbonyl (C=O) groups excluding carboxylic acids is 1. The minimum atomic E-state index is -0.194. The molecule has 0 unspecified atom stereocenters. The number of carbonyl (C=O) groups is 1. The summed E-state index contributed by atoms with van der Waals surface area (Å²) in [5.74, 6) is 0.173. The first-order valence-electron chi connectivity index (χ1n) is 8.46. The topological polar surface area (TPSA) is 57.8 Å². The van der Waals surface area contributed by atoms with E-state index in [0.29, 0.717) is 12.2 Å². The molecule has 0 saturated carbocycles. The number of nitrogens with zero attached hydrogens (tertiary/aromatic N) is 1. The summed E-state index contributed by atoms with van der Waals surface area (Å²) in [7, 11) is 1.62. The molecule has 4 heteroatoms. The second-order valence-corrected chi connectivity index (χ2v) is 6.41. The highest BCUT2D eigenvalue weighted by Gasteiger charge is 2.15. The van der Waals surface area contributed by atoms with Gasteiger partial charge in [0.15, 0.2) is 5.82 Å². The molecule has 1 heterocycles. The summed E-state index contributed by atoms with van der Waals surface area (Å²) in [6.07, 6.45) is 1.43. The molecular weight excluding hydrogens is 310 g/mol. The van der Waals surface area contributed by atoms with E-state index in [-0.39, 0.29) is 5.91 Å². The summed E-state index contributed by atoms with van der Waals surface area (Å²) in [6, 6.07) is 16.9. The predicted molar refractivity (Wildman–Crippen MR) is 99.9 cm³/mol. The molecule has 3 rings (SSSR count). The second-order valence-electron chi connectivity index (χ2n) is 6.41. The second kappa shape index (κ2) is 7.34. The average Bonchev–Trinajstić information content (AvgIpc) is 3.01. The lowest BCUT2D eigenvalue weighted by Crippen LogP contribution is -2.19. The number of imidazole rings is 1. The van der Waals surface area contributed by atoms with Crippen molar-refractivity contribution in [3.05, 3.63) is 88.0 Å². The number of aromatic nitrogens is 2. The highest BCUT2D eigenvalue weighted by Crippen LogP contribution is 2.17. The number of H-pyrrole nitrogens is 1. The van der Waals surface area contributed by atoms with Crippen molar-refractivity contribution in [2.75, 3.05) is 7.05 Å². The summed E-state index contributed by atoms with van der Waals surface area (Å²) in [4.78, 5) is 19.7. The first kappa shape index (κ1) is 17.0. The van der Waals surface area contributed by atoms with Crippen LogP contribution in [0.25, 0.3) is 0 Å². The zero-order valence-electron chi connectivity index (χ0n) is 14.9. The summed E-state index contributed by atoms with van der Waals surface area (Å²) in [6.45, 7) is 4.15. The summed E-state index contributed by atoms with van der Waals surface area (Å²) >= 11 is 0.